The first-order chi connectivity index (χ1) is 17.9. The number of hydrogen-bond acceptors (Lipinski definition) is 8. The molecule has 3 aromatic rings. The molecule has 3 heterocycles. The number of nitrogens with zero attached hydrogens (tertiary/aromatic N) is 4. The summed E-state index contributed by atoms with van der Waals surface area (Å²) in [7, 11) is 0. The van der Waals surface area contributed by atoms with Crippen molar-refractivity contribution in [3.63, 3.8) is 0 Å². The summed E-state index contributed by atoms with van der Waals surface area (Å²) in [4.78, 5) is 27.2. The standard InChI is InChI=1S/C25H27ClF3N7O2/c1-24(2,3)38-23(37)36-8-7-30-14-20(36)15-9-18(12-31-11-15)34-22-32-13-19(26)21(35-22)33-17-6-4-5-16(10-17)25(27,28)29/h4-6,9-13,20,30H,7-8,14H2,1-3H3,(H2,32,33,34,35). The summed E-state index contributed by atoms with van der Waals surface area (Å²) in [6.45, 7) is 7.08. The van der Waals surface area contributed by atoms with E-state index in [2.05, 4.69) is 30.9 Å². The number of alkyl halides is 3. The Labute approximate surface area is 222 Å². The van der Waals surface area contributed by atoms with Gasteiger partial charge in [-0.3, -0.25) is 9.88 Å². The fraction of sp³-hybridized carbons (Fsp3) is 0.360. The van der Waals surface area contributed by atoms with E-state index in [1.54, 1.807) is 17.3 Å². The Balaban J connectivity index is 1.53. The van der Waals surface area contributed by atoms with Crippen LogP contribution in [0.3, 0.4) is 0 Å². The van der Waals surface area contributed by atoms with E-state index < -0.39 is 23.4 Å². The maximum atomic E-state index is 13.1. The van der Waals surface area contributed by atoms with Gasteiger partial charge in [-0.15, -0.1) is 0 Å². The topological polar surface area (TPSA) is 104 Å². The lowest BCUT2D eigenvalue weighted by Gasteiger charge is -2.37. The smallest absolute Gasteiger partial charge is 0.416 e. The molecule has 202 valence electrons. The first-order valence-electron chi connectivity index (χ1n) is 11.8. The Morgan fingerprint density at radius 1 is 1.13 bits per heavy atom. The number of piperazine rings is 1. The van der Waals surface area contributed by atoms with E-state index in [0.29, 0.717) is 25.3 Å². The van der Waals surface area contributed by atoms with Crippen LogP contribution in [0, 0.1) is 0 Å². The third kappa shape index (κ3) is 7.01. The number of carbonyl (C=O) groups excluding carboxylic acids is 1. The maximum Gasteiger partial charge on any atom is 0.416 e. The van der Waals surface area contributed by atoms with Crippen LogP contribution in [0.15, 0.2) is 48.9 Å². The Bertz CT molecular complexity index is 1300. The molecule has 0 aliphatic carbocycles. The number of nitrogens with one attached hydrogen (secondary N) is 3. The maximum absolute atomic E-state index is 13.1. The highest BCUT2D eigenvalue weighted by Gasteiger charge is 2.32. The third-order valence-corrected chi connectivity index (χ3v) is 5.75. The van der Waals surface area contributed by atoms with Gasteiger partial charge in [0.15, 0.2) is 5.82 Å². The molecule has 0 spiro atoms. The second kappa shape index (κ2) is 11.0. The summed E-state index contributed by atoms with van der Waals surface area (Å²) >= 11 is 6.19. The second-order valence-electron chi connectivity index (χ2n) is 9.62. The molecule has 1 aliphatic heterocycles. The van der Waals surface area contributed by atoms with Gasteiger partial charge in [0, 0.05) is 31.5 Å². The molecule has 2 aromatic heterocycles. The highest BCUT2D eigenvalue weighted by molar-refractivity contribution is 6.32. The summed E-state index contributed by atoms with van der Waals surface area (Å²) < 4.78 is 44.8. The van der Waals surface area contributed by atoms with Crippen LogP contribution in [0.1, 0.15) is 37.9 Å². The van der Waals surface area contributed by atoms with E-state index in [-0.39, 0.29) is 28.5 Å². The molecule has 3 N–H and O–H groups in total. The predicted molar refractivity (Wildman–Crippen MR) is 138 cm³/mol. The number of benzene rings is 1. The summed E-state index contributed by atoms with van der Waals surface area (Å²) in [6, 6.07) is 6.22. The summed E-state index contributed by atoms with van der Waals surface area (Å²) in [5, 5.41) is 9.25. The lowest BCUT2D eigenvalue weighted by Crippen LogP contribution is -2.50. The Hall–Kier alpha value is -3.64. The molecule has 1 fully saturated rings. The number of hydrogen-bond donors (Lipinski definition) is 3. The Morgan fingerprint density at radius 3 is 2.66 bits per heavy atom. The molecule has 1 aromatic carbocycles. The monoisotopic (exact) mass is 549 g/mol. The normalized spacial score (nSPS) is 16.2. The molecule has 1 atom stereocenters. The Morgan fingerprint density at radius 2 is 1.92 bits per heavy atom. The van der Waals surface area contributed by atoms with Gasteiger partial charge in [-0.05, 0) is 50.6 Å². The van der Waals surface area contributed by atoms with Crippen molar-refractivity contribution in [2.75, 3.05) is 30.3 Å². The first kappa shape index (κ1) is 27.4. The van der Waals surface area contributed by atoms with E-state index in [0.717, 1.165) is 17.7 Å². The van der Waals surface area contributed by atoms with Crippen molar-refractivity contribution in [2.45, 2.75) is 38.6 Å². The molecule has 1 amide bonds. The lowest BCUT2D eigenvalue weighted by molar-refractivity contribution is -0.137. The van der Waals surface area contributed by atoms with Crippen molar-refractivity contribution in [1.29, 1.82) is 0 Å². The average molecular weight is 550 g/mol. The van der Waals surface area contributed by atoms with Crippen molar-refractivity contribution in [3.05, 3.63) is 65.1 Å². The number of aromatic nitrogens is 3. The van der Waals surface area contributed by atoms with Crippen LogP contribution in [0.25, 0.3) is 0 Å². The van der Waals surface area contributed by atoms with Crippen LogP contribution in [-0.4, -0.2) is 51.2 Å². The van der Waals surface area contributed by atoms with Crippen molar-refractivity contribution >= 4 is 40.8 Å². The van der Waals surface area contributed by atoms with E-state index in [1.165, 1.54) is 18.3 Å². The van der Waals surface area contributed by atoms with Crippen LogP contribution in [0.5, 0.6) is 0 Å². The number of ether oxygens (including phenoxy) is 1. The first-order valence-corrected chi connectivity index (χ1v) is 12.2. The number of halogens is 4. The summed E-state index contributed by atoms with van der Waals surface area (Å²) in [5.41, 5.74) is 0.0578. The van der Waals surface area contributed by atoms with E-state index in [9.17, 15) is 18.0 Å². The molecular weight excluding hydrogens is 523 g/mol. The summed E-state index contributed by atoms with van der Waals surface area (Å²) in [6.07, 6.45) is -0.322. The Kier molecular flexibility index (Phi) is 7.93. The van der Waals surface area contributed by atoms with Crippen LogP contribution in [-0.2, 0) is 10.9 Å². The number of carbonyl (C=O) groups is 1. The van der Waals surface area contributed by atoms with Gasteiger partial charge in [0.2, 0.25) is 5.95 Å². The molecule has 38 heavy (non-hydrogen) atoms. The zero-order chi connectivity index (χ0) is 27.5. The van der Waals surface area contributed by atoms with Gasteiger partial charge in [-0.1, -0.05) is 17.7 Å². The van der Waals surface area contributed by atoms with Gasteiger partial charge in [-0.2, -0.15) is 18.2 Å². The molecule has 13 heteroatoms. The van der Waals surface area contributed by atoms with Gasteiger partial charge in [0.25, 0.3) is 0 Å². The highest BCUT2D eigenvalue weighted by Crippen LogP contribution is 2.32. The number of amides is 1. The SMILES string of the molecule is CC(C)(C)OC(=O)N1CCNCC1c1cncc(Nc2ncc(Cl)c(Nc3cccc(C(F)(F)F)c3)n2)c1. The van der Waals surface area contributed by atoms with Gasteiger partial charge < -0.3 is 20.7 Å². The number of anilines is 4. The van der Waals surface area contributed by atoms with Gasteiger partial charge in [-0.25, -0.2) is 9.78 Å². The molecule has 1 unspecified atom stereocenters. The van der Waals surface area contributed by atoms with E-state index >= 15 is 0 Å². The van der Waals surface area contributed by atoms with Gasteiger partial charge >= 0.3 is 12.3 Å². The summed E-state index contributed by atoms with van der Waals surface area (Å²) in [5.74, 6) is 0.272. The van der Waals surface area contributed by atoms with Gasteiger partial charge in [0.1, 0.15) is 10.6 Å². The van der Waals surface area contributed by atoms with Crippen molar-refractivity contribution in [2.24, 2.45) is 0 Å². The van der Waals surface area contributed by atoms with Crippen molar-refractivity contribution in [3.8, 4) is 0 Å². The fourth-order valence-corrected chi connectivity index (χ4v) is 3.94. The molecular formula is C25H27ClF3N7O2. The predicted octanol–water partition coefficient (Wildman–Crippen LogP) is 5.91. The molecule has 9 nitrogen and oxygen atoms in total. The minimum absolute atomic E-state index is 0.125. The van der Waals surface area contributed by atoms with E-state index in [1.807, 2.05) is 26.8 Å². The molecule has 4 rings (SSSR count). The van der Waals surface area contributed by atoms with E-state index in [4.69, 9.17) is 16.3 Å². The molecule has 0 bridgehead atoms. The minimum Gasteiger partial charge on any atom is -0.444 e. The zero-order valence-electron chi connectivity index (χ0n) is 20.9. The average Bonchev–Trinajstić information content (AvgIpc) is 2.85. The van der Waals surface area contributed by atoms with Crippen LogP contribution in [0.2, 0.25) is 5.02 Å². The minimum atomic E-state index is -4.48. The highest BCUT2D eigenvalue weighted by atomic mass is 35.5. The molecule has 0 saturated carbocycles. The molecule has 0 radical (unpaired) electrons. The van der Waals surface area contributed by atoms with Gasteiger partial charge in [0.05, 0.1) is 29.7 Å². The molecule has 1 saturated heterocycles. The van der Waals surface area contributed by atoms with Crippen LogP contribution in [0.4, 0.5) is 41.1 Å². The largest absolute Gasteiger partial charge is 0.444 e. The van der Waals surface area contributed by atoms with Crippen LogP contribution < -0.4 is 16.0 Å². The van der Waals surface area contributed by atoms with Crippen molar-refractivity contribution < 1.29 is 22.7 Å². The van der Waals surface area contributed by atoms with Crippen molar-refractivity contribution in [1.82, 2.24) is 25.2 Å². The zero-order valence-corrected chi connectivity index (χ0v) is 21.7. The fourth-order valence-electron chi connectivity index (χ4n) is 3.80. The molecule has 1 aliphatic rings. The number of pyridine rings is 1. The number of rotatable bonds is 5. The second-order valence-corrected chi connectivity index (χ2v) is 10.0. The lowest BCUT2D eigenvalue weighted by atomic mass is 10.1. The quantitative estimate of drug-likeness (QED) is 0.361. The third-order valence-electron chi connectivity index (χ3n) is 5.47. The van der Waals surface area contributed by atoms with Crippen LogP contribution >= 0.6 is 11.6 Å².